The molecule has 1 rings (SSSR count). The lowest BCUT2D eigenvalue weighted by atomic mass is 10.1. The first-order valence-corrected chi connectivity index (χ1v) is 5.80. The maximum Gasteiger partial charge on any atom is 0.211 e. The van der Waals surface area contributed by atoms with Crippen LogP contribution in [0.4, 0.5) is 0 Å². The topological polar surface area (TPSA) is 0 Å². The molecule has 0 amide bonds. The summed E-state index contributed by atoms with van der Waals surface area (Å²) in [6.45, 7) is 2.14. The Morgan fingerprint density at radius 3 is 2.36 bits per heavy atom. The van der Waals surface area contributed by atoms with Crippen LogP contribution in [0.15, 0.2) is 24.3 Å². The molecule has 0 saturated heterocycles. The van der Waals surface area contributed by atoms with Crippen molar-refractivity contribution in [1.29, 1.82) is 0 Å². The molecule has 0 bridgehead atoms. The summed E-state index contributed by atoms with van der Waals surface area (Å²) in [7, 11) is 0. The van der Waals surface area contributed by atoms with E-state index in [0.29, 0.717) is 0 Å². The van der Waals surface area contributed by atoms with Crippen LogP contribution in [0.5, 0.6) is 0 Å². The van der Waals surface area contributed by atoms with Crippen molar-refractivity contribution in [1.82, 2.24) is 0 Å². The molecule has 0 aliphatic rings. The number of rotatable bonds is 3. The normalized spacial score (nSPS) is 9.91. The molecule has 11 heavy (non-hydrogen) atoms. The van der Waals surface area contributed by atoms with Crippen LogP contribution >= 0.6 is 0 Å². The minimum Gasteiger partial charge on any atom is -0.101 e. The highest BCUT2D eigenvalue weighted by atomic mass is 27.0. The Balaban J connectivity index is 2.52. The van der Waals surface area contributed by atoms with Gasteiger partial charge in [-0.3, -0.25) is 0 Å². The Kier molecular flexibility index (Phi) is 3.69. The molecule has 0 spiro atoms. The quantitative estimate of drug-likeness (QED) is 0.596. The summed E-state index contributed by atoms with van der Waals surface area (Å²) in [5.41, 5.74) is 2.85. The van der Waals surface area contributed by atoms with Crippen LogP contribution in [-0.4, -0.2) is 16.3 Å². The lowest BCUT2D eigenvalue weighted by Crippen LogP contribution is -1.84. The summed E-state index contributed by atoms with van der Waals surface area (Å²) < 4.78 is 0. The first-order chi connectivity index (χ1) is 5.33. The SMILES string of the molecule is Cc1ccc(CC[CH2][AlH2])cc1. The fourth-order valence-electron chi connectivity index (χ4n) is 1.14. The summed E-state index contributed by atoms with van der Waals surface area (Å²) in [6, 6.07) is 8.88. The fourth-order valence-corrected chi connectivity index (χ4v) is 1.49. The van der Waals surface area contributed by atoms with Gasteiger partial charge in [-0.15, -0.1) is 5.28 Å². The number of hydrogen-bond acceptors (Lipinski definition) is 0. The first-order valence-electron chi connectivity index (χ1n) is 4.38. The van der Waals surface area contributed by atoms with Crippen molar-refractivity contribution in [3.8, 4) is 0 Å². The zero-order chi connectivity index (χ0) is 8.10. The van der Waals surface area contributed by atoms with Crippen molar-refractivity contribution < 1.29 is 0 Å². The van der Waals surface area contributed by atoms with E-state index < -0.39 is 0 Å². The van der Waals surface area contributed by atoms with Gasteiger partial charge in [-0.05, 0) is 18.9 Å². The lowest BCUT2D eigenvalue weighted by Gasteiger charge is -1.99. The van der Waals surface area contributed by atoms with E-state index in [4.69, 9.17) is 0 Å². The Labute approximate surface area is 77.1 Å². The predicted molar refractivity (Wildman–Crippen MR) is 52.9 cm³/mol. The van der Waals surface area contributed by atoms with E-state index in [1.54, 1.807) is 0 Å². The number of hydrogen-bond donors (Lipinski definition) is 0. The van der Waals surface area contributed by atoms with E-state index in [0.717, 1.165) is 0 Å². The molecule has 0 aliphatic carbocycles. The second-order valence-corrected chi connectivity index (χ2v) is 4.09. The molecule has 1 heteroatoms. The standard InChI is InChI=1S/C10H13.Al.2H/c1-3-4-10-7-5-9(2)6-8-10;;;/h5-8H,1,3-4H2,2H3;;;. The highest BCUT2D eigenvalue weighted by Crippen LogP contribution is 2.06. The van der Waals surface area contributed by atoms with Crippen LogP contribution < -0.4 is 0 Å². The van der Waals surface area contributed by atoms with Gasteiger partial charge in [0.15, 0.2) is 0 Å². The van der Waals surface area contributed by atoms with E-state index in [-0.39, 0.29) is 0 Å². The van der Waals surface area contributed by atoms with E-state index in [1.165, 1.54) is 45.5 Å². The zero-order valence-corrected chi connectivity index (χ0v) is 9.43. The van der Waals surface area contributed by atoms with Crippen LogP contribution in [-0.2, 0) is 6.42 Å². The monoisotopic (exact) mass is 162 g/mol. The largest absolute Gasteiger partial charge is 0.211 e. The van der Waals surface area contributed by atoms with Crippen molar-refractivity contribution in [2.24, 2.45) is 0 Å². The van der Waals surface area contributed by atoms with Gasteiger partial charge in [0.2, 0.25) is 16.3 Å². The Morgan fingerprint density at radius 2 is 1.82 bits per heavy atom. The minimum absolute atomic E-state index is 1.27. The van der Waals surface area contributed by atoms with E-state index in [1.807, 2.05) is 0 Å². The third kappa shape index (κ3) is 3.10. The molecule has 0 saturated carbocycles. The maximum absolute atomic E-state index is 2.24. The van der Waals surface area contributed by atoms with Gasteiger partial charge in [-0.1, -0.05) is 36.2 Å². The molecule has 0 radical (unpaired) electrons. The Hall–Kier alpha value is -0.248. The van der Waals surface area contributed by atoms with Crippen LogP contribution in [0, 0.1) is 6.92 Å². The molecule has 0 unspecified atom stereocenters. The molecular formula is C10H15Al. The molecule has 0 nitrogen and oxygen atoms in total. The van der Waals surface area contributed by atoms with Crippen LogP contribution in [0.2, 0.25) is 5.28 Å². The van der Waals surface area contributed by atoms with Crippen molar-refractivity contribution >= 4 is 16.3 Å². The summed E-state index contributed by atoms with van der Waals surface area (Å²) in [5, 5.41) is 1.42. The molecule has 58 valence electrons. The molecule has 0 aliphatic heterocycles. The highest BCUT2D eigenvalue weighted by molar-refractivity contribution is 6.08. The van der Waals surface area contributed by atoms with Gasteiger partial charge in [-0.2, -0.15) is 0 Å². The molecule has 0 heterocycles. The minimum atomic E-state index is 1.27. The second-order valence-electron chi connectivity index (χ2n) is 3.09. The van der Waals surface area contributed by atoms with Crippen LogP contribution in [0.3, 0.4) is 0 Å². The number of aryl methyl sites for hydroxylation is 2. The van der Waals surface area contributed by atoms with E-state index >= 15 is 0 Å². The van der Waals surface area contributed by atoms with Crippen molar-refractivity contribution in [2.75, 3.05) is 0 Å². The van der Waals surface area contributed by atoms with Gasteiger partial charge < -0.3 is 0 Å². The first kappa shape index (κ1) is 8.85. The molecule has 1 aromatic rings. The fraction of sp³-hybridized carbons (Fsp3) is 0.400. The molecule has 0 N–H and O–H groups in total. The molecule has 0 aromatic heterocycles. The van der Waals surface area contributed by atoms with Gasteiger partial charge in [0.25, 0.3) is 0 Å². The average molecular weight is 162 g/mol. The van der Waals surface area contributed by atoms with Gasteiger partial charge in [0.1, 0.15) is 0 Å². The average Bonchev–Trinajstić information content (AvgIpc) is 2.04. The van der Waals surface area contributed by atoms with Crippen molar-refractivity contribution in [3.05, 3.63) is 35.4 Å². The predicted octanol–water partition coefficient (Wildman–Crippen LogP) is 1.98. The smallest absolute Gasteiger partial charge is 0.101 e. The highest BCUT2D eigenvalue weighted by Gasteiger charge is 1.90. The van der Waals surface area contributed by atoms with Crippen molar-refractivity contribution in [2.45, 2.75) is 25.0 Å². The van der Waals surface area contributed by atoms with Gasteiger partial charge in [0.05, 0.1) is 0 Å². The lowest BCUT2D eigenvalue weighted by molar-refractivity contribution is 0.919. The van der Waals surface area contributed by atoms with Crippen molar-refractivity contribution in [3.63, 3.8) is 0 Å². The summed E-state index contributed by atoms with van der Waals surface area (Å²) in [5.74, 6) is 0. The Bertz CT molecular complexity index is 201. The zero-order valence-electron chi connectivity index (χ0n) is 7.43. The van der Waals surface area contributed by atoms with Gasteiger partial charge in [0, 0.05) is 0 Å². The third-order valence-electron chi connectivity index (χ3n) is 1.94. The molecular weight excluding hydrogens is 147 g/mol. The summed E-state index contributed by atoms with van der Waals surface area (Å²) in [4.78, 5) is 0. The van der Waals surface area contributed by atoms with E-state index in [9.17, 15) is 0 Å². The second kappa shape index (κ2) is 4.59. The molecule has 0 atom stereocenters. The summed E-state index contributed by atoms with van der Waals surface area (Å²) >= 11 is 1.35. The molecule has 0 fully saturated rings. The maximum atomic E-state index is 2.24. The van der Waals surface area contributed by atoms with Gasteiger partial charge in [-0.25, -0.2) is 0 Å². The summed E-state index contributed by atoms with van der Waals surface area (Å²) in [6.07, 6.45) is 2.64. The Morgan fingerprint density at radius 1 is 1.18 bits per heavy atom. The number of benzene rings is 1. The van der Waals surface area contributed by atoms with Crippen LogP contribution in [0.1, 0.15) is 17.5 Å². The van der Waals surface area contributed by atoms with Crippen LogP contribution in [0.25, 0.3) is 0 Å². The van der Waals surface area contributed by atoms with Gasteiger partial charge >= 0.3 is 0 Å². The molecule has 1 aromatic carbocycles. The third-order valence-corrected chi connectivity index (χ3v) is 2.65. The van der Waals surface area contributed by atoms with E-state index in [2.05, 4.69) is 31.2 Å².